The molecule has 3 nitrogen and oxygen atoms in total. The minimum atomic E-state index is -0.206. The van der Waals surface area contributed by atoms with Crippen molar-refractivity contribution in [2.24, 2.45) is 0 Å². The summed E-state index contributed by atoms with van der Waals surface area (Å²) in [7, 11) is 0. The average molecular weight is 309 g/mol. The van der Waals surface area contributed by atoms with Crippen molar-refractivity contribution in [3.63, 3.8) is 0 Å². The topological polar surface area (TPSA) is 34.9 Å². The first-order valence-corrected chi connectivity index (χ1v) is 7.74. The van der Waals surface area contributed by atoms with E-state index in [4.69, 9.17) is 11.6 Å². The third kappa shape index (κ3) is 3.64. The molecule has 1 heterocycles. The second-order valence-electron chi connectivity index (χ2n) is 4.86. The second kappa shape index (κ2) is 6.46. The summed E-state index contributed by atoms with van der Waals surface area (Å²) in [4.78, 5) is 15.6. The molecular formula is C15H17ClN2OS. The maximum atomic E-state index is 11.5. The van der Waals surface area contributed by atoms with Crippen molar-refractivity contribution < 1.29 is 0 Å². The van der Waals surface area contributed by atoms with Gasteiger partial charge in [-0.05, 0) is 38.5 Å². The Morgan fingerprint density at radius 2 is 2.00 bits per heavy atom. The molecule has 0 unspecified atom stereocenters. The van der Waals surface area contributed by atoms with Gasteiger partial charge in [0.1, 0.15) is 0 Å². The monoisotopic (exact) mass is 308 g/mol. The Hall–Kier alpha value is -1.26. The van der Waals surface area contributed by atoms with Gasteiger partial charge in [-0.25, -0.2) is 0 Å². The average Bonchev–Trinajstić information content (AvgIpc) is 2.38. The van der Waals surface area contributed by atoms with Gasteiger partial charge in [0, 0.05) is 28.6 Å². The summed E-state index contributed by atoms with van der Waals surface area (Å²) < 4.78 is 2.01. The zero-order valence-electron chi connectivity index (χ0n) is 11.7. The van der Waals surface area contributed by atoms with E-state index in [1.165, 1.54) is 6.07 Å². The van der Waals surface area contributed by atoms with Crippen LogP contribution in [0.15, 0.2) is 46.5 Å². The summed E-state index contributed by atoms with van der Waals surface area (Å²) >= 11 is 7.59. The van der Waals surface area contributed by atoms with Gasteiger partial charge in [0.2, 0.25) is 0 Å². The fourth-order valence-electron chi connectivity index (χ4n) is 1.86. The first kappa shape index (κ1) is 15.1. The van der Waals surface area contributed by atoms with Gasteiger partial charge in [0.25, 0.3) is 5.56 Å². The molecule has 0 spiro atoms. The van der Waals surface area contributed by atoms with E-state index in [1.54, 1.807) is 18.0 Å². The predicted octanol–water partition coefficient (Wildman–Crippen LogP) is 4.33. The van der Waals surface area contributed by atoms with Crippen LogP contribution in [-0.2, 0) is 0 Å². The van der Waals surface area contributed by atoms with Gasteiger partial charge in [-0.3, -0.25) is 4.79 Å². The minimum Gasteiger partial charge on any atom is -0.325 e. The molecule has 0 saturated heterocycles. The third-order valence-corrected chi connectivity index (χ3v) is 4.33. The summed E-state index contributed by atoms with van der Waals surface area (Å²) in [6.45, 7) is 6.22. The molecule has 0 aliphatic carbocycles. The Morgan fingerprint density at radius 3 is 2.65 bits per heavy atom. The first-order chi connectivity index (χ1) is 9.47. The highest BCUT2D eigenvalue weighted by Crippen LogP contribution is 2.34. The predicted molar refractivity (Wildman–Crippen MR) is 84.6 cm³/mol. The molecule has 106 valence electrons. The largest absolute Gasteiger partial charge is 0.325 e. The van der Waals surface area contributed by atoms with Crippen LogP contribution in [0, 0.1) is 0 Å². The molecule has 1 aromatic carbocycles. The van der Waals surface area contributed by atoms with Crippen molar-refractivity contribution in [2.45, 2.75) is 37.2 Å². The van der Waals surface area contributed by atoms with E-state index < -0.39 is 0 Å². The van der Waals surface area contributed by atoms with Crippen molar-refractivity contribution in [3.05, 3.63) is 57.5 Å². The minimum absolute atomic E-state index is 0.174. The van der Waals surface area contributed by atoms with Crippen LogP contribution < -0.4 is 5.56 Å². The van der Waals surface area contributed by atoms with Gasteiger partial charge in [-0.15, -0.1) is 0 Å². The summed E-state index contributed by atoms with van der Waals surface area (Å²) in [5.41, 5.74) is 0.915. The lowest BCUT2D eigenvalue weighted by molar-refractivity contribution is 0.525. The molecule has 0 aliphatic heterocycles. The molecule has 20 heavy (non-hydrogen) atoms. The van der Waals surface area contributed by atoms with Crippen LogP contribution in [-0.4, -0.2) is 9.55 Å². The quantitative estimate of drug-likeness (QED) is 0.623. The molecular weight excluding hydrogens is 292 g/mol. The van der Waals surface area contributed by atoms with Gasteiger partial charge >= 0.3 is 0 Å². The Balaban J connectivity index is 2.29. The van der Waals surface area contributed by atoms with E-state index in [-0.39, 0.29) is 16.9 Å². The standard InChI is InChI=1S/C15H17ClN2OS/c1-10(2)18-8-7-14(19)17-15(18)20-11(3)12-5-4-6-13(16)9-12/h4-11H,1-3H3/t11-/m0/s1. The normalized spacial score (nSPS) is 12.7. The molecule has 0 bridgehead atoms. The lowest BCUT2D eigenvalue weighted by Crippen LogP contribution is -2.15. The fraction of sp³-hybridized carbons (Fsp3) is 0.333. The van der Waals surface area contributed by atoms with Crippen LogP contribution in [0.25, 0.3) is 0 Å². The van der Waals surface area contributed by atoms with Gasteiger partial charge in [0.15, 0.2) is 5.16 Å². The molecule has 2 aromatic rings. The van der Waals surface area contributed by atoms with E-state index in [0.29, 0.717) is 0 Å². The molecule has 5 heteroatoms. The van der Waals surface area contributed by atoms with Crippen LogP contribution in [0.3, 0.4) is 0 Å². The number of halogens is 1. The van der Waals surface area contributed by atoms with Crippen LogP contribution in [0.1, 0.15) is 37.6 Å². The first-order valence-electron chi connectivity index (χ1n) is 6.48. The van der Waals surface area contributed by atoms with E-state index in [1.807, 2.05) is 28.8 Å². The van der Waals surface area contributed by atoms with Crippen molar-refractivity contribution in [3.8, 4) is 0 Å². The van der Waals surface area contributed by atoms with E-state index in [0.717, 1.165) is 15.7 Å². The number of nitrogens with zero attached hydrogens (tertiary/aromatic N) is 2. The molecule has 0 aliphatic rings. The maximum Gasteiger partial charge on any atom is 0.273 e. The number of hydrogen-bond acceptors (Lipinski definition) is 3. The number of rotatable bonds is 4. The number of thioether (sulfide) groups is 1. The molecule has 0 saturated carbocycles. The highest BCUT2D eigenvalue weighted by Gasteiger charge is 2.13. The Morgan fingerprint density at radius 1 is 1.25 bits per heavy atom. The SMILES string of the molecule is CC(C)n1ccc(=O)nc1S[C@@H](C)c1cccc(Cl)c1. The lowest BCUT2D eigenvalue weighted by Gasteiger charge is -2.18. The summed E-state index contributed by atoms with van der Waals surface area (Å²) in [5.74, 6) is 0. The van der Waals surface area contributed by atoms with Crippen molar-refractivity contribution >= 4 is 23.4 Å². The zero-order chi connectivity index (χ0) is 14.7. The van der Waals surface area contributed by atoms with Crippen molar-refractivity contribution in [1.29, 1.82) is 0 Å². The van der Waals surface area contributed by atoms with Crippen LogP contribution in [0.5, 0.6) is 0 Å². The number of hydrogen-bond donors (Lipinski definition) is 0. The van der Waals surface area contributed by atoms with Crippen molar-refractivity contribution in [2.75, 3.05) is 0 Å². The van der Waals surface area contributed by atoms with Gasteiger partial charge in [0.05, 0.1) is 0 Å². The lowest BCUT2D eigenvalue weighted by atomic mass is 10.2. The molecule has 1 aromatic heterocycles. The molecule has 2 rings (SSSR count). The second-order valence-corrected chi connectivity index (χ2v) is 6.61. The third-order valence-electron chi connectivity index (χ3n) is 2.96. The highest BCUT2D eigenvalue weighted by atomic mass is 35.5. The van der Waals surface area contributed by atoms with E-state index in [9.17, 15) is 4.79 Å². The number of aromatic nitrogens is 2. The number of benzene rings is 1. The smallest absolute Gasteiger partial charge is 0.273 e. The van der Waals surface area contributed by atoms with Crippen molar-refractivity contribution in [1.82, 2.24) is 9.55 Å². The summed E-state index contributed by atoms with van der Waals surface area (Å²) in [5, 5.41) is 1.63. The highest BCUT2D eigenvalue weighted by molar-refractivity contribution is 7.99. The van der Waals surface area contributed by atoms with Crippen LogP contribution in [0.2, 0.25) is 5.02 Å². The molecule has 0 fully saturated rings. The summed E-state index contributed by atoms with van der Waals surface area (Å²) in [6, 6.07) is 9.52. The fourth-order valence-corrected chi connectivity index (χ4v) is 3.20. The Labute approximate surface area is 128 Å². The summed E-state index contributed by atoms with van der Waals surface area (Å²) in [6.07, 6.45) is 1.80. The molecule has 0 N–H and O–H groups in total. The molecule has 0 amide bonds. The van der Waals surface area contributed by atoms with E-state index >= 15 is 0 Å². The maximum absolute atomic E-state index is 11.5. The zero-order valence-corrected chi connectivity index (χ0v) is 13.3. The molecule has 0 radical (unpaired) electrons. The molecule has 1 atom stereocenters. The van der Waals surface area contributed by atoms with E-state index in [2.05, 4.69) is 25.8 Å². The Bertz CT molecular complexity index is 654. The van der Waals surface area contributed by atoms with Gasteiger partial charge in [-0.1, -0.05) is 35.5 Å². The van der Waals surface area contributed by atoms with Crippen LogP contribution in [0.4, 0.5) is 0 Å². The Kier molecular flexibility index (Phi) is 4.89. The van der Waals surface area contributed by atoms with Gasteiger partial charge in [-0.2, -0.15) is 4.98 Å². The van der Waals surface area contributed by atoms with Gasteiger partial charge < -0.3 is 4.57 Å². The van der Waals surface area contributed by atoms with Crippen LogP contribution >= 0.6 is 23.4 Å².